The molecular formula is C24H28N4O2S. The van der Waals surface area contributed by atoms with Gasteiger partial charge in [-0.2, -0.15) is 0 Å². The van der Waals surface area contributed by atoms with Crippen LogP contribution in [0, 0.1) is 13.8 Å². The van der Waals surface area contributed by atoms with E-state index in [1.807, 2.05) is 42.5 Å². The average molecular weight is 437 g/mol. The van der Waals surface area contributed by atoms with Crippen molar-refractivity contribution in [2.75, 3.05) is 6.61 Å². The van der Waals surface area contributed by atoms with Crippen LogP contribution >= 0.6 is 11.8 Å². The summed E-state index contributed by atoms with van der Waals surface area (Å²) in [7, 11) is 0. The summed E-state index contributed by atoms with van der Waals surface area (Å²) in [6, 6.07) is 14.2. The Bertz CT molecular complexity index is 1280. The molecule has 0 radical (unpaired) electrons. The predicted molar refractivity (Wildman–Crippen MR) is 126 cm³/mol. The van der Waals surface area contributed by atoms with Crippen LogP contribution in [0.4, 0.5) is 0 Å². The van der Waals surface area contributed by atoms with Crippen LogP contribution < -0.4 is 5.56 Å². The van der Waals surface area contributed by atoms with Crippen LogP contribution in [-0.4, -0.2) is 31.9 Å². The van der Waals surface area contributed by atoms with Crippen LogP contribution in [0.2, 0.25) is 0 Å². The summed E-state index contributed by atoms with van der Waals surface area (Å²) in [5.74, 6) is 1.38. The minimum atomic E-state index is -0.0360. The van der Waals surface area contributed by atoms with Crippen molar-refractivity contribution in [3.63, 3.8) is 0 Å². The van der Waals surface area contributed by atoms with Crippen molar-refractivity contribution in [2.45, 2.75) is 57.7 Å². The Morgan fingerprint density at radius 3 is 2.71 bits per heavy atom. The van der Waals surface area contributed by atoms with E-state index in [1.54, 1.807) is 16.3 Å². The number of aryl methyl sites for hydroxylation is 3. The van der Waals surface area contributed by atoms with Gasteiger partial charge < -0.3 is 4.74 Å². The lowest BCUT2D eigenvalue weighted by Gasteiger charge is -2.12. The van der Waals surface area contributed by atoms with Crippen molar-refractivity contribution >= 4 is 28.4 Å². The van der Waals surface area contributed by atoms with Gasteiger partial charge in [-0.1, -0.05) is 47.7 Å². The third-order valence-corrected chi connectivity index (χ3v) is 6.29. The van der Waals surface area contributed by atoms with Crippen molar-refractivity contribution in [2.24, 2.45) is 0 Å². The van der Waals surface area contributed by atoms with E-state index < -0.39 is 0 Å². The van der Waals surface area contributed by atoms with Gasteiger partial charge in [0.25, 0.3) is 5.56 Å². The van der Waals surface area contributed by atoms with E-state index in [0.717, 1.165) is 22.8 Å². The molecule has 162 valence electrons. The van der Waals surface area contributed by atoms with Crippen LogP contribution in [0.1, 0.15) is 37.0 Å². The maximum atomic E-state index is 13.2. The Balaban J connectivity index is 1.72. The molecule has 0 fully saturated rings. The molecule has 0 N–H and O–H groups in total. The summed E-state index contributed by atoms with van der Waals surface area (Å²) in [6.07, 6.45) is 0.915. The first-order valence-electron chi connectivity index (χ1n) is 10.6. The van der Waals surface area contributed by atoms with Crippen molar-refractivity contribution in [3.8, 4) is 0 Å². The molecule has 4 rings (SSSR count). The van der Waals surface area contributed by atoms with Crippen LogP contribution in [0.15, 0.2) is 52.4 Å². The zero-order chi connectivity index (χ0) is 22.0. The topological polar surface area (TPSA) is 61.4 Å². The van der Waals surface area contributed by atoms with Gasteiger partial charge in [0.2, 0.25) is 5.78 Å². The lowest BCUT2D eigenvalue weighted by Crippen LogP contribution is -2.24. The molecule has 0 amide bonds. The highest BCUT2D eigenvalue weighted by molar-refractivity contribution is 7.98. The first-order chi connectivity index (χ1) is 15.0. The van der Waals surface area contributed by atoms with E-state index >= 15 is 0 Å². The lowest BCUT2D eigenvalue weighted by atomic mass is 10.1. The lowest BCUT2D eigenvalue weighted by molar-refractivity contribution is 0.0748. The minimum Gasteiger partial charge on any atom is -0.379 e. The molecule has 0 bridgehead atoms. The number of para-hydroxylation sites is 1. The van der Waals surface area contributed by atoms with Gasteiger partial charge in [0, 0.05) is 18.9 Å². The fourth-order valence-corrected chi connectivity index (χ4v) is 4.67. The molecule has 6 nitrogen and oxygen atoms in total. The van der Waals surface area contributed by atoms with Gasteiger partial charge in [-0.15, -0.1) is 10.2 Å². The van der Waals surface area contributed by atoms with Crippen molar-refractivity contribution in [1.29, 1.82) is 0 Å². The van der Waals surface area contributed by atoms with Gasteiger partial charge in [0.15, 0.2) is 5.16 Å². The Morgan fingerprint density at radius 1 is 1.10 bits per heavy atom. The molecule has 0 saturated heterocycles. The molecule has 31 heavy (non-hydrogen) atoms. The van der Waals surface area contributed by atoms with Gasteiger partial charge in [-0.05, 0) is 57.4 Å². The van der Waals surface area contributed by atoms with Gasteiger partial charge in [0.05, 0.1) is 17.0 Å². The first-order valence-corrected chi connectivity index (χ1v) is 11.6. The molecule has 0 saturated carbocycles. The zero-order valence-electron chi connectivity index (χ0n) is 18.5. The Labute approximate surface area is 186 Å². The van der Waals surface area contributed by atoms with E-state index in [-0.39, 0.29) is 11.7 Å². The molecule has 4 aromatic rings. The van der Waals surface area contributed by atoms with Crippen LogP contribution in [0.3, 0.4) is 0 Å². The van der Waals surface area contributed by atoms with Gasteiger partial charge in [0.1, 0.15) is 0 Å². The number of thioether (sulfide) groups is 1. The third kappa shape index (κ3) is 4.52. The second kappa shape index (κ2) is 9.24. The highest BCUT2D eigenvalue weighted by Crippen LogP contribution is 2.26. The number of hydrogen-bond donors (Lipinski definition) is 0. The quantitative estimate of drug-likeness (QED) is 0.294. The molecule has 0 atom stereocenters. The van der Waals surface area contributed by atoms with Gasteiger partial charge >= 0.3 is 0 Å². The maximum absolute atomic E-state index is 13.2. The largest absolute Gasteiger partial charge is 0.379 e. The second-order valence-corrected chi connectivity index (χ2v) is 9.03. The Kier molecular flexibility index (Phi) is 6.43. The summed E-state index contributed by atoms with van der Waals surface area (Å²) < 4.78 is 9.39. The first kappa shape index (κ1) is 21.6. The standard InChI is InChI=1S/C24H28N4O2S/c1-16(2)30-13-7-12-27-22(29)20-8-5-6-9-21(20)28-23(27)25-26-24(28)31-15-19-14-17(3)10-11-18(19)4/h5-6,8-11,14,16H,7,12-13,15H2,1-4H3. The molecule has 0 unspecified atom stereocenters. The molecule has 7 heteroatoms. The van der Waals surface area contributed by atoms with E-state index in [2.05, 4.69) is 42.2 Å². The van der Waals surface area contributed by atoms with Gasteiger partial charge in [-0.3, -0.25) is 13.8 Å². The number of fused-ring (bicyclic) bond motifs is 3. The van der Waals surface area contributed by atoms with Crippen molar-refractivity contribution in [1.82, 2.24) is 19.2 Å². The van der Waals surface area contributed by atoms with Crippen LogP contribution in [0.5, 0.6) is 0 Å². The summed E-state index contributed by atoms with van der Waals surface area (Å²) in [6.45, 7) is 9.40. The fraction of sp³-hybridized carbons (Fsp3) is 0.375. The van der Waals surface area contributed by atoms with Gasteiger partial charge in [-0.25, -0.2) is 0 Å². The molecule has 0 aliphatic heterocycles. The average Bonchev–Trinajstić information content (AvgIpc) is 3.17. The monoisotopic (exact) mass is 436 g/mol. The number of nitrogens with zero attached hydrogens (tertiary/aromatic N) is 4. The number of aromatic nitrogens is 4. The highest BCUT2D eigenvalue weighted by atomic mass is 32.2. The summed E-state index contributed by atoms with van der Waals surface area (Å²) in [5, 5.41) is 10.3. The van der Waals surface area contributed by atoms with Crippen LogP contribution in [0.25, 0.3) is 16.7 Å². The Morgan fingerprint density at radius 2 is 1.90 bits per heavy atom. The molecule has 2 heterocycles. The molecule has 0 aliphatic carbocycles. The van der Waals surface area contributed by atoms with Crippen LogP contribution in [-0.2, 0) is 17.0 Å². The minimum absolute atomic E-state index is 0.0360. The SMILES string of the molecule is Cc1ccc(C)c(CSc2nnc3n(CCCOC(C)C)c(=O)c4ccccc4n23)c1. The fourth-order valence-electron chi connectivity index (χ4n) is 3.67. The second-order valence-electron chi connectivity index (χ2n) is 8.08. The maximum Gasteiger partial charge on any atom is 0.262 e. The Hall–Kier alpha value is -2.64. The molecule has 2 aromatic heterocycles. The summed E-state index contributed by atoms with van der Waals surface area (Å²) >= 11 is 1.64. The molecule has 0 aliphatic rings. The predicted octanol–water partition coefficient (Wildman–Crippen LogP) is 4.77. The molecule has 2 aromatic carbocycles. The van der Waals surface area contributed by atoms with E-state index in [9.17, 15) is 4.79 Å². The van der Waals surface area contributed by atoms with Crippen molar-refractivity contribution < 1.29 is 4.74 Å². The number of rotatable bonds is 8. The number of benzene rings is 2. The van der Waals surface area contributed by atoms with E-state index in [1.165, 1.54) is 16.7 Å². The highest BCUT2D eigenvalue weighted by Gasteiger charge is 2.17. The zero-order valence-corrected chi connectivity index (χ0v) is 19.3. The third-order valence-electron chi connectivity index (χ3n) is 5.32. The van der Waals surface area contributed by atoms with E-state index in [0.29, 0.717) is 24.3 Å². The molecule has 0 spiro atoms. The molecular weight excluding hydrogens is 408 g/mol. The van der Waals surface area contributed by atoms with E-state index in [4.69, 9.17) is 4.74 Å². The smallest absolute Gasteiger partial charge is 0.262 e. The number of ether oxygens (including phenoxy) is 1. The summed E-state index contributed by atoms with van der Waals surface area (Å²) in [4.78, 5) is 13.2. The van der Waals surface area contributed by atoms with Crippen molar-refractivity contribution in [3.05, 3.63) is 69.5 Å². The normalized spacial score (nSPS) is 11.8. The number of hydrogen-bond acceptors (Lipinski definition) is 5. The summed E-state index contributed by atoms with van der Waals surface area (Å²) in [5.41, 5.74) is 4.59.